The zero-order valence-electron chi connectivity index (χ0n) is 6.20. The van der Waals surface area contributed by atoms with E-state index >= 15 is 0 Å². The van der Waals surface area contributed by atoms with Gasteiger partial charge in [-0.2, -0.15) is 4.39 Å². The van der Waals surface area contributed by atoms with Gasteiger partial charge in [0.25, 0.3) is 6.36 Å². The van der Waals surface area contributed by atoms with E-state index in [2.05, 4.69) is 0 Å². The summed E-state index contributed by atoms with van der Waals surface area (Å²) < 4.78 is 17.4. The highest BCUT2D eigenvalue weighted by molar-refractivity contribution is 5.61. The Labute approximate surface area is 68.9 Å². The molecule has 1 aromatic rings. The molecule has 0 bridgehead atoms. The summed E-state index contributed by atoms with van der Waals surface area (Å²) in [5, 5.41) is 9.05. The predicted octanol–water partition coefficient (Wildman–Crippen LogP) is 2.09. The van der Waals surface area contributed by atoms with Crippen LogP contribution in [0.4, 0.5) is 4.39 Å². The average Bonchev–Trinajstić information content (AvgIpc) is 2.03. The number of phenols is 1. The molecule has 1 aliphatic rings. The number of hydrogen-bond acceptors (Lipinski definition) is 2. The lowest BCUT2D eigenvalue weighted by atomic mass is 10.1. The predicted molar refractivity (Wildman–Crippen MR) is 42.7 cm³/mol. The maximum Gasteiger partial charge on any atom is 0.257 e. The maximum atomic E-state index is 12.6. The van der Waals surface area contributed by atoms with E-state index in [1.165, 1.54) is 18.2 Å². The molecule has 0 saturated carbocycles. The van der Waals surface area contributed by atoms with Gasteiger partial charge in [-0.15, -0.1) is 0 Å². The van der Waals surface area contributed by atoms with Crippen LogP contribution in [-0.4, -0.2) is 11.5 Å². The summed E-state index contributed by atoms with van der Waals surface area (Å²) in [4.78, 5) is 0. The molecular formula is C9H7FO2. The van der Waals surface area contributed by atoms with E-state index in [4.69, 9.17) is 9.84 Å². The third kappa shape index (κ3) is 1.13. The minimum absolute atomic E-state index is 0.0799. The van der Waals surface area contributed by atoms with Crippen molar-refractivity contribution in [3.63, 3.8) is 0 Å². The molecular weight excluding hydrogens is 159 g/mol. The van der Waals surface area contributed by atoms with Crippen LogP contribution in [-0.2, 0) is 0 Å². The first-order chi connectivity index (χ1) is 5.75. The third-order valence-corrected chi connectivity index (χ3v) is 1.66. The van der Waals surface area contributed by atoms with Crippen molar-refractivity contribution in [3.05, 3.63) is 29.8 Å². The molecule has 0 aromatic heterocycles. The first-order valence-electron chi connectivity index (χ1n) is 3.58. The summed E-state index contributed by atoms with van der Waals surface area (Å²) in [5.74, 6) is 0.459. The van der Waals surface area contributed by atoms with Crippen molar-refractivity contribution >= 4 is 6.08 Å². The van der Waals surface area contributed by atoms with Crippen molar-refractivity contribution in [3.8, 4) is 11.5 Å². The van der Waals surface area contributed by atoms with Crippen LogP contribution in [0.25, 0.3) is 6.08 Å². The Hall–Kier alpha value is -1.51. The zero-order valence-corrected chi connectivity index (χ0v) is 6.20. The first kappa shape index (κ1) is 7.16. The molecule has 2 rings (SSSR count). The van der Waals surface area contributed by atoms with Crippen molar-refractivity contribution in [1.29, 1.82) is 0 Å². The molecule has 62 valence electrons. The van der Waals surface area contributed by atoms with Gasteiger partial charge < -0.3 is 9.84 Å². The minimum Gasteiger partial charge on any atom is -0.508 e. The zero-order chi connectivity index (χ0) is 8.55. The first-order valence-corrected chi connectivity index (χ1v) is 3.58. The molecule has 1 aliphatic heterocycles. The lowest BCUT2D eigenvalue weighted by Gasteiger charge is -2.15. The highest BCUT2D eigenvalue weighted by Gasteiger charge is 2.12. The van der Waals surface area contributed by atoms with Crippen LogP contribution in [0, 0.1) is 0 Å². The smallest absolute Gasteiger partial charge is 0.257 e. The van der Waals surface area contributed by atoms with Crippen LogP contribution in [0.5, 0.6) is 11.5 Å². The monoisotopic (exact) mass is 166 g/mol. The molecule has 0 amide bonds. The number of phenolic OH excluding ortho intramolecular Hbond substituents is 1. The van der Waals surface area contributed by atoms with Gasteiger partial charge in [-0.25, -0.2) is 0 Å². The largest absolute Gasteiger partial charge is 0.508 e. The second-order valence-electron chi connectivity index (χ2n) is 2.55. The Morgan fingerprint density at radius 1 is 1.42 bits per heavy atom. The summed E-state index contributed by atoms with van der Waals surface area (Å²) >= 11 is 0. The number of benzene rings is 1. The van der Waals surface area contributed by atoms with Crippen LogP contribution < -0.4 is 4.74 Å². The molecule has 1 heterocycles. The highest BCUT2D eigenvalue weighted by Crippen LogP contribution is 2.29. The van der Waals surface area contributed by atoms with Gasteiger partial charge in [-0.1, -0.05) is 0 Å². The fourth-order valence-electron chi connectivity index (χ4n) is 1.10. The molecule has 1 aromatic carbocycles. The van der Waals surface area contributed by atoms with E-state index in [0.717, 1.165) is 5.56 Å². The maximum absolute atomic E-state index is 12.6. The number of aromatic hydroxyl groups is 1. The van der Waals surface area contributed by atoms with Gasteiger partial charge in [-0.3, -0.25) is 0 Å². The Balaban J connectivity index is 2.47. The van der Waals surface area contributed by atoms with Crippen LogP contribution >= 0.6 is 0 Å². The van der Waals surface area contributed by atoms with Gasteiger partial charge in [0.15, 0.2) is 0 Å². The summed E-state index contributed by atoms with van der Waals surface area (Å²) in [6.45, 7) is 0. The molecule has 0 aliphatic carbocycles. The number of hydrogen-bond donors (Lipinski definition) is 1. The highest BCUT2D eigenvalue weighted by atomic mass is 19.1. The standard InChI is InChI=1S/C9H7FO2/c10-9-4-2-6-1-3-7(11)5-8(6)12-9/h1-5,9,11H. The molecule has 0 radical (unpaired) electrons. The number of ether oxygens (including phenoxy) is 1. The lowest BCUT2D eigenvalue weighted by Crippen LogP contribution is -2.10. The van der Waals surface area contributed by atoms with Gasteiger partial charge >= 0.3 is 0 Å². The summed E-state index contributed by atoms with van der Waals surface area (Å²) in [6, 6.07) is 4.60. The van der Waals surface area contributed by atoms with Crippen molar-refractivity contribution in [1.82, 2.24) is 0 Å². The summed E-state index contributed by atoms with van der Waals surface area (Å²) in [6.07, 6.45) is 1.54. The molecule has 0 fully saturated rings. The number of halogens is 1. The van der Waals surface area contributed by atoms with Crippen LogP contribution in [0.3, 0.4) is 0 Å². The van der Waals surface area contributed by atoms with Crippen molar-refractivity contribution in [2.24, 2.45) is 0 Å². The van der Waals surface area contributed by atoms with E-state index in [1.807, 2.05) is 0 Å². The van der Waals surface area contributed by atoms with Crippen LogP contribution in [0.15, 0.2) is 24.3 Å². The van der Waals surface area contributed by atoms with Crippen molar-refractivity contribution in [2.45, 2.75) is 6.36 Å². The fraction of sp³-hybridized carbons (Fsp3) is 0.111. The van der Waals surface area contributed by atoms with Crippen molar-refractivity contribution in [2.75, 3.05) is 0 Å². The van der Waals surface area contributed by atoms with E-state index in [-0.39, 0.29) is 5.75 Å². The third-order valence-electron chi connectivity index (χ3n) is 1.66. The molecule has 0 spiro atoms. The Kier molecular flexibility index (Phi) is 1.50. The van der Waals surface area contributed by atoms with Gasteiger partial charge in [0.05, 0.1) is 0 Å². The second kappa shape index (κ2) is 2.52. The molecule has 2 nitrogen and oxygen atoms in total. The Morgan fingerprint density at radius 3 is 3.08 bits per heavy atom. The van der Waals surface area contributed by atoms with Crippen LogP contribution in [0.2, 0.25) is 0 Å². The molecule has 12 heavy (non-hydrogen) atoms. The van der Waals surface area contributed by atoms with Crippen LogP contribution in [0.1, 0.15) is 5.56 Å². The van der Waals surface area contributed by atoms with E-state index in [9.17, 15) is 4.39 Å². The molecule has 1 unspecified atom stereocenters. The Bertz CT molecular complexity index is 333. The number of fused-ring (bicyclic) bond motifs is 1. The summed E-state index contributed by atoms with van der Waals surface area (Å²) in [7, 11) is 0. The van der Waals surface area contributed by atoms with Gasteiger partial charge in [-0.05, 0) is 24.3 Å². The number of alkyl halides is 1. The molecule has 3 heteroatoms. The second-order valence-corrected chi connectivity index (χ2v) is 2.55. The SMILES string of the molecule is Oc1ccc2c(c1)OC(F)C=C2. The molecule has 1 atom stereocenters. The average molecular weight is 166 g/mol. The fourth-order valence-corrected chi connectivity index (χ4v) is 1.10. The van der Waals surface area contributed by atoms with Gasteiger partial charge in [0.1, 0.15) is 11.5 Å². The molecule has 0 saturated heterocycles. The normalized spacial score (nSPS) is 19.9. The van der Waals surface area contributed by atoms with E-state index in [1.54, 1.807) is 12.1 Å². The van der Waals surface area contributed by atoms with Gasteiger partial charge in [0, 0.05) is 11.6 Å². The topological polar surface area (TPSA) is 29.5 Å². The van der Waals surface area contributed by atoms with Crippen molar-refractivity contribution < 1.29 is 14.2 Å². The number of rotatable bonds is 0. The minimum atomic E-state index is -1.40. The van der Waals surface area contributed by atoms with E-state index < -0.39 is 6.36 Å². The molecule has 1 N–H and O–H groups in total. The lowest BCUT2D eigenvalue weighted by molar-refractivity contribution is 0.111. The Morgan fingerprint density at radius 2 is 2.25 bits per heavy atom. The summed E-state index contributed by atoms with van der Waals surface area (Å²) in [5.41, 5.74) is 0.779. The van der Waals surface area contributed by atoms with E-state index in [0.29, 0.717) is 5.75 Å². The quantitative estimate of drug-likeness (QED) is 0.639. The van der Waals surface area contributed by atoms with Gasteiger partial charge in [0.2, 0.25) is 0 Å².